The molecule has 0 saturated carbocycles. The van der Waals surface area contributed by atoms with Crippen LogP contribution in [0, 0.1) is 16.0 Å². The van der Waals surface area contributed by atoms with Crippen LogP contribution in [0.3, 0.4) is 0 Å². The predicted molar refractivity (Wildman–Crippen MR) is 86.0 cm³/mol. The van der Waals surface area contributed by atoms with Crippen molar-refractivity contribution in [3.8, 4) is 0 Å². The standard InChI is InChI=1S/C15H24N4O2/c1-12(11-18-8-3-4-9-18)10-17-14-7-5-6-13(16-2)15(14)19(20)21/h5-7,12,16-17H,3-4,8-11H2,1-2H3. The SMILES string of the molecule is CNc1cccc(NCC(C)CN2CCCC2)c1[N+](=O)[O-]. The third-order valence-electron chi connectivity index (χ3n) is 3.90. The highest BCUT2D eigenvalue weighted by atomic mass is 16.6. The topological polar surface area (TPSA) is 70.4 Å². The Hall–Kier alpha value is -1.82. The van der Waals surface area contributed by atoms with Gasteiger partial charge < -0.3 is 15.5 Å². The van der Waals surface area contributed by atoms with E-state index in [0.29, 0.717) is 17.3 Å². The van der Waals surface area contributed by atoms with Gasteiger partial charge in [0.1, 0.15) is 11.4 Å². The van der Waals surface area contributed by atoms with Gasteiger partial charge >= 0.3 is 5.69 Å². The summed E-state index contributed by atoms with van der Waals surface area (Å²) < 4.78 is 0. The quantitative estimate of drug-likeness (QED) is 0.597. The Morgan fingerprint density at radius 3 is 2.62 bits per heavy atom. The van der Waals surface area contributed by atoms with Gasteiger partial charge in [-0.05, 0) is 44.0 Å². The van der Waals surface area contributed by atoms with E-state index in [1.165, 1.54) is 25.9 Å². The first-order valence-corrected chi connectivity index (χ1v) is 7.53. The lowest BCUT2D eigenvalue weighted by molar-refractivity contribution is -0.383. The molecule has 2 N–H and O–H groups in total. The van der Waals surface area contributed by atoms with Crippen LogP contribution in [0.4, 0.5) is 17.1 Å². The van der Waals surface area contributed by atoms with E-state index in [9.17, 15) is 10.1 Å². The van der Waals surface area contributed by atoms with E-state index >= 15 is 0 Å². The van der Waals surface area contributed by atoms with Gasteiger partial charge in [0.05, 0.1) is 4.92 Å². The lowest BCUT2D eigenvalue weighted by Gasteiger charge is -2.21. The summed E-state index contributed by atoms with van der Waals surface area (Å²) in [5.74, 6) is 0.459. The summed E-state index contributed by atoms with van der Waals surface area (Å²) in [6, 6.07) is 5.31. The first-order chi connectivity index (χ1) is 10.1. The van der Waals surface area contributed by atoms with E-state index in [4.69, 9.17) is 0 Å². The van der Waals surface area contributed by atoms with Crippen LogP contribution >= 0.6 is 0 Å². The van der Waals surface area contributed by atoms with Gasteiger partial charge in [-0.3, -0.25) is 10.1 Å². The molecule has 0 aliphatic carbocycles. The van der Waals surface area contributed by atoms with Crippen LogP contribution in [0.15, 0.2) is 18.2 Å². The molecule has 1 atom stereocenters. The van der Waals surface area contributed by atoms with E-state index < -0.39 is 0 Å². The smallest absolute Gasteiger partial charge is 0.315 e. The van der Waals surface area contributed by atoms with E-state index in [2.05, 4.69) is 22.5 Å². The molecule has 0 aromatic heterocycles. The molecule has 1 heterocycles. The average Bonchev–Trinajstić information content (AvgIpc) is 2.97. The zero-order valence-electron chi connectivity index (χ0n) is 12.8. The number of nitro groups is 1. The molecular weight excluding hydrogens is 268 g/mol. The van der Waals surface area contributed by atoms with Crippen molar-refractivity contribution in [3.05, 3.63) is 28.3 Å². The van der Waals surface area contributed by atoms with Crippen molar-refractivity contribution >= 4 is 17.1 Å². The Kier molecular flexibility index (Phi) is 5.38. The van der Waals surface area contributed by atoms with Crippen molar-refractivity contribution in [1.82, 2.24) is 4.90 Å². The zero-order valence-corrected chi connectivity index (χ0v) is 12.8. The van der Waals surface area contributed by atoms with Crippen molar-refractivity contribution in [2.45, 2.75) is 19.8 Å². The number of para-hydroxylation sites is 1. The third kappa shape index (κ3) is 4.07. The van der Waals surface area contributed by atoms with Crippen molar-refractivity contribution in [3.63, 3.8) is 0 Å². The second-order valence-electron chi connectivity index (χ2n) is 5.70. The summed E-state index contributed by atoms with van der Waals surface area (Å²) in [5.41, 5.74) is 1.24. The van der Waals surface area contributed by atoms with E-state index in [1.54, 1.807) is 19.2 Å². The molecule has 1 unspecified atom stereocenters. The molecule has 2 rings (SSSR count). The van der Waals surface area contributed by atoms with Crippen LogP contribution in [-0.2, 0) is 0 Å². The number of anilines is 2. The van der Waals surface area contributed by atoms with E-state index in [0.717, 1.165) is 13.1 Å². The molecule has 6 nitrogen and oxygen atoms in total. The van der Waals surface area contributed by atoms with Crippen molar-refractivity contribution in [2.75, 3.05) is 43.9 Å². The van der Waals surface area contributed by atoms with Crippen LogP contribution in [0.2, 0.25) is 0 Å². The molecule has 1 fully saturated rings. The van der Waals surface area contributed by atoms with Gasteiger partial charge in [0.15, 0.2) is 0 Å². The minimum absolute atomic E-state index is 0.119. The maximum absolute atomic E-state index is 11.2. The Bertz CT molecular complexity index is 487. The fourth-order valence-electron chi connectivity index (χ4n) is 2.84. The molecule has 1 aliphatic rings. The summed E-state index contributed by atoms with van der Waals surface area (Å²) in [6.07, 6.45) is 2.58. The maximum Gasteiger partial charge on any atom is 0.315 e. The van der Waals surface area contributed by atoms with Gasteiger partial charge in [-0.1, -0.05) is 13.0 Å². The highest BCUT2D eigenvalue weighted by Gasteiger charge is 2.20. The lowest BCUT2D eigenvalue weighted by atomic mass is 10.1. The van der Waals surface area contributed by atoms with Crippen LogP contribution in [0.25, 0.3) is 0 Å². The number of nitrogens with zero attached hydrogens (tertiary/aromatic N) is 2. The minimum Gasteiger partial charge on any atom is -0.382 e. The summed E-state index contributed by atoms with van der Waals surface area (Å²) in [7, 11) is 1.70. The van der Waals surface area contributed by atoms with Crippen LogP contribution in [0.1, 0.15) is 19.8 Å². The molecule has 1 aliphatic heterocycles. The number of rotatable bonds is 7. The maximum atomic E-state index is 11.2. The summed E-state index contributed by atoms with van der Waals surface area (Å²) in [6.45, 7) is 6.33. The van der Waals surface area contributed by atoms with Crippen LogP contribution in [0.5, 0.6) is 0 Å². The predicted octanol–water partition coefficient (Wildman–Crippen LogP) is 2.78. The normalized spacial score (nSPS) is 16.7. The molecule has 1 aromatic rings. The Morgan fingerprint density at radius 1 is 1.33 bits per heavy atom. The van der Waals surface area contributed by atoms with E-state index in [1.807, 2.05) is 6.07 Å². The number of hydrogen-bond donors (Lipinski definition) is 2. The Morgan fingerprint density at radius 2 is 2.00 bits per heavy atom. The summed E-state index contributed by atoms with van der Waals surface area (Å²) in [4.78, 5) is 13.4. The number of hydrogen-bond acceptors (Lipinski definition) is 5. The molecule has 0 bridgehead atoms. The number of likely N-dealkylation sites (tertiary alicyclic amines) is 1. The molecule has 0 amide bonds. The van der Waals surface area contributed by atoms with Gasteiger partial charge in [0.2, 0.25) is 0 Å². The van der Waals surface area contributed by atoms with E-state index in [-0.39, 0.29) is 10.6 Å². The lowest BCUT2D eigenvalue weighted by Crippen LogP contribution is -2.29. The van der Waals surface area contributed by atoms with Gasteiger partial charge in [0.25, 0.3) is 0 Å². The summed E-state index contributed by atoms with van der Waals surface area (Å²) >= 11 is 0. The fraction of sp³-hybridized carbons (Fsp3) is 0.600. The fourth-order valence-corrected chi connectivity index (χ4v) is 2.84. The number of nitro benzene ring substituents is 1. The first-order valence-electron chi connectivity index (χ1n) is 7.53. The van der Waals surface area contributed by atoms with Crippen molar-refractivity contribution < 1.29 is 4.92 Å². The molecule has 6 heteroatoms. The highest BCUT2D eigenvalue weighted by molar-refractivity contribution is 5.75. The zero-order chi connectivity index (χ0) is 15.2. The third-order valence-corrected chi connectivity index (χ3v) is 3.90. The molecule has 1 aromatic carbocycles. The van der Waals surface area contributed by atoms with Gasteiger partial charge in [-0.25, -0.2) is 0 Å². The minimum atomic E-state index is -0.334. The molecular formula is C15H24N4O2. The molecule has 0 radical (unpaired) electrons. The van der Waals surface area contributed by atoms with Gasteiger partial charge in [-0.15, -0.1) is 0 Å². The Labute approximate surface area is 125 Å². The molecule has 21 heavy (non-hydrogen) atoms. The second-order valence-corrected chi connectivity index (χ2v) is 5.70. The van der Waals surface area contributed by atoms with Gasteiger partial charge in [0, 0.05) is 20.1 Å². The second kappa shape index (κ2) is 7.26. The molecule has 1 saturated heterocycles. The monoisotopic (exact) mass is 292 g/mol. The molecule has 0 spiro atoms. The largest absolute Gasteiger partial charge is 0.382 e. The highest BCUT2D eigenvalue weighted by Crippen LogP contribution is 2.32. The van der Waals surface area contributed by atoms with Crippen LogP contribution in [-0.4, -0.2) is 43.0 Å². The first kappa shape index (κ1) is 15.6. The van der Waals surface area contributed by atoms with Crippen LogP contribution < -0.4 is 10.6 Å². The number of nitrogens with one attached hydrogen (secondary N) is 2. The Balaban J connectivity index is 1.97. The average molecular weight is 292 g/mol. The summed E-state index contributed by atoms with van der Waals surface area (Å²) in [5, 5.41) is 17.4. The van der Waals surface area contributed by atoms with Crippen molar-refractivity contribution in [1.29, 1.82) is 0 Å². The number of benzene rings is 1. The molecule has 116 valence electrons. The van der Waals surface area contributed by atoms with Crippen molar-refractivity contribution in [2.24, 2.45) is 5.92 Å². The van der Waals surface area contributed by atoms with Gasteiger partial charge in [-0.2, -0.15) is 0 Å².